The van der Waals surface area contributed by atoms with E-state index in [0.29, 0.717) is 26.1 Å². The number of nitrogens with zero attached hydrogens (tertiary/aromatic N) is 2. The third-order valence-electron chi connectivity index (χ3n) is 5.14. The number of carbonyl (C=O) groups excluding carboxylic acids is 2. The van der Waals surface area contributed by atoms with Crippen LogP contribution in [-0.4, -0.2) is 52.9 Å². The molecule has 0 bridgehead atoms. The molecule has 0 radical (unpaired) electrons. The van der Waals surface area contributed by atoms with Gasteiger partial charge in [-0.3, -0.25) is 9.59 Å². The summed E-state index contributed by atoms with van der Waals surface area (Å²) in [6.07, 6.45) is 0.370. The molecule has 25 heavy (non-hydrogen) atoms. The second kappa shape index (κ2) is 6.36. The molecule has 2 aliphatic rings. The van der Waals surface area contributed by atoms with Gasteiger partial charge in [0.1, 0.15) is 11.9 Å². The van der Waals surface area contributed by atoms with Crippen molar-refractivity contribution in [3.8, 4) is 5.75 Å². The van der Waals surface area contributed by atoms with Gasteiger partial charge in [-0.15, -0.1) is 0 Å². The number of benzene rings is 1. The van der Waals surface area contributed by atoms with Gasteiger partial charge in [0, 0.05) is 18.5 Å². The molecular weight excluding hydrogens is 316 g/mol. The third-order valence-corrected chi connectivity index (χ3v) is 5.14. The molecule has 1 aromatic rings. The molecule has 2 saturated heterocycles. The second-order valence-electron chi connectivity index (χ2n) is 8.28. The van der Waals surface area contributed by atoms with E-state index in [-0.39, 0.29) is 29.4 Å². The smallest absolute Gasteiger partial charge is 0.228 e. The largest absolute Gasteiger partial charge is 0.486 e. The van der Waals surface area contributed by atoms with Crippen molar-refractivity contribution >= 4 is 11.8 Å². The van der Waals surface area contributed by atoms with Gasteiger partial charge in [-0.05, 0) is 45.7 Å². The minimum Gasteiger partial charge on any atom is -0.486 e. The number of rotatable bonds is 3. The van der Waals surface area contributed by atoms with E-state index in [9.17, 15) is 9.59 Å². The first-order chi connectivity index (χ1) is 11.7. The van der Waals surface area contributed by atoms with Crippen molar-refractivity contribution < 1.29 is 14.3 Å². The van der Waals surface area contributed by atoms with Gasteiger partial charge in [0.25, 0.3) is 0 Å². The fourth-order valence-electron chi connectivity index (χ4n) is 3.62. The number of ether oxygens (including phenoxy) is 1. The summed E-state index contributed by atoms with van der Waals surface area (Å²) >= 11 is 0. The Morgan fingerprint density at radius 2 is 1.72 bits per heavy atom. The predicted octanol–water partition coefficient (Wildman–Crippen LogP) is 2.54. The van der Waals surface area contributed by atoms with E-state index in [4.69, 9.17) is 4.74 Å². The maximum atomic E-state index is 12.7. The van der Waals surface area contributed by atoms with Crippen molar-refractivity contribution in [1.82, 2.24) is 9.80 Å². The topological polar surface area (TPSA) is 49.9 Å². The predicted molar refractivity (Wildman–Crippen MR) is 96.5 cm³/mol. The fourth-order valence-corrected chi connectivity index (χ4v) is 3.62. The lowest BCUT2D eigenvalue weighted by atomic mass is 10.0. The molecule has 0 saturated carbocycles. The monoisotopic (exact) mass is 344 g/mol. The molecule has 0 aromatic heterocycles. The van der Waals surface area contributed by atoms with Crippen molar-refractivity contribution in [2.75, 3.05) is 19.6 Å². The molecule has 0 N–H and O–H groups in total. The summed E-state index contributed by atoms with van der Waals surface area (Å²) in [6, 6.07) is 6.09. The number of carbonyl (C=O) groups is 2. The van der Waals surface area contributed by atoms with Gasteiger partial charge in [0.15, 0.2) is 0 Å². The van der Waals surface area contributed by atoms with Gasteiger partial charge >= 0.3 is 0 Å². The summed E-state index contributed by atoms with van der Waals surface area (Å²) in [5.41, 5.74) is 2.01. The zero-order valence-corrected chi connectivity index (χ0v) is 15.8. The molecule has 1 aromatic carbocycles. The van der Waals surface area contributed by atoms with Crippen molar-refractivity contribution in [2.24, 2.45) is 5.92 Å². The zero-order chi connectivity index (χ0) is 18.4. The number of aryl methyl sites for hydroxylation is 2. The molecule has 5 nitrogen and oxygen atoms in total. The quantitative estimate of drug-likeness (QED) is 0.847. The van der Waals surface area contributed by atoms with Crippen LogP contribution in [0.25, 0.3) is 0 Å². The average molecular weight is 344 g/mol. The van der Waals surface area contributed by atoms with Gasteiger partial charge in [0.2, 0.25) is 11.8 Å². The van der Waals surface area contributed by atoms with Gasteiger partial charge in [-0.25, -0.2) is 0 Å². The molecule has 2 amide bonds. The fraction of sp³-hybridized carbons (Fsp3) is 0.600. The minimum atomic E-state index is -0.227. The Hall–Kier alpha value is -2.04. The maximum absolute atomic E-state index is 12.7. The van der Waals surface area contributed by atoms with Crippen LogP contribution in [0.15, 0.2) is 18.2 Å². The average Bonchev–Trinajstić information content (AvgIpc) is 2.86. The van der Waals surface area contributed by atoms with Crippen molar-refractivity contribution in [2.45, 2.75) is 52.7 Å². The first-order valence-electron chi connectivity index (χ1n) is 8.99. The molecule has 3 rings (SSSR count). The highest BCUT2D eigenvalue weighted by Gasteiger charge is 2.43. The molecule has 5 heteroatoms. The molecule has 2 aliphatic heterocycles. The summed E-state index contributed by atoms with van der Waals surface area (Å²) in [5, 5.41) is 0. The minimum absolute atomic E-state index is 0.0413. The molecule has 1 atom stereocenters. The van der Waals surface area contributed by atoms with E-state index >= 15 is 0 Å². The number of hydrogen-bond donors (Lipinski definition) is 0. The number of para-hydroxylation sites is 1. The highest BCUT2D eigenvalue weighted by Crippen LogP contribution is 2.30. The Bertz CT molecular complexity index is 666. The van der Waals surface area contributed by atoms with E-state index in [1.54, 1.807) is 0 Å². The Morgan fingerprint density at radius 3 is 2.24 bits per heavy atom. The van der Waals surface area contributed by atoms with E-state index < -0.39 is 0 Å². The first kappa shape index (κ1) is 17.8. The summed E-state index contributed by atoms with van der Waals surface area (Å²) in [7, 11) is 0. The summed E-state index contributed by atoms with van der Waals surface area (Å²) in [6.45, 7) is 11.8. The van der Waals surface area contributed by atoms with E-state index in [1.807, 2.05) is 62.6 Å². The lowest BCUT2D eigenvalue weighted by molar-refractivity contribution is -0.144. The summed E-state index contributed by atoms with van der Waals surface area (Å²) in [5.74, 6) is 0.874. The molecule has 0 aliphatic carbocycles. The number of likely N-dealkylation sites (tertiary alicyclic amines) is 2. The third kappa shape index (κ3) is 3.51. The molecule has 0 unspecified atom stereocenters. The van der Waals surface area contributed by atoms with E-state index in [1.165, 1.54) is 0 Å². The van der Waals surface area contributed by atoms with Crippen molar-refractivity contribution in [3.63, 3.8) is 0 Å². The molecule has 0 spiro atoms. The lowest BCUT2D eigenvalue weighted by Crippen LogP contribution is -2.58. The van der Waals surface area contributed by atoms with Crippen LogP contribution in [0, 0.1) is 19.8 Å². The van der Waals surface area contributed by atoms with Gasteiger partial charge < -0.3 is 14.5 Å². The summed E-state index contributed by atoms with van der Waals surface area (Å²) in [4.78, 5) is 28.5. The van der Waals surface area contributed by atoms with Crippen LogP contribution in [0.4, 0.5) is 0 Å². The standard InChI is InChI=1S/C20H28N2O3/c1-13-7-6-8-14(2)18(13)25-16-11-21(12-16)19(24)15-9-17(23)22(10-15)20(3,4)5/h6-8,15-16H,9-12H2,1-5H3/t15-/m0/s1. The van der Waals surface area contributed by atoms with Crippen LogP contribution < -0.4 is 4.74 Å². The molecule has 2 fully saturated rings. The normalized spacial score (nSPS) is 21.5. The van der Waals surface area contributed by atoms with Crippen LogP contribution in [0.2, 0.25) is 0 Å². The highest BCUT2D eigenvalue weighted by molar-refractivity contribution is 5.90. The lowest BCUT2D eigenvalue weighted by Gasteiger charge is -2.41. The Balaban J connectivity index is 1.55. The Labute approximate surface area is 149 Å². The second-order valence-corrected chi connectivity index (χ2v) is 8.28. The summed E-state index contributed by atoms with van der Waals surface area (Å²) < 4.78 is 6.08. The Morgan fingerprint density at radius 1 is 1.12 bits per heavy atom. The van der Waals surface area contributed by atoms with E-state index in [2.05, 4.69) is 0 Å². The van der Waals surface area contributed by atoms with Crippen molar-refractivity contribution in [3.05, 3.63) is 29.3 Å². The Kier molecular flexibility index (Phi) is 4.52. The SMILES string of the molecule is Cc1cccc(C)c1OC1CN(C(=O)[C@H]2CC(=O)N(C(C)(C)C)C2)C1. The van der Waals surface area contributed by atoms with Crippen LogP contribution in [0.1, 0.15) is 38.3 Å². The zero-order valence-electron chi connectivity index (χ0n) is 15.8. The highest BCUT2D eigenvalue weighted by atomic mass is 16.5. The van der Waals surface area contributed by atoms with Gasteiger partial charge in [-0.1, -0.05) is 18.2 Å². The number of hydrogen-bond acceptors (Lipinski definition) is 3. The molecule has 136 valence electrons. The van der Waals surface area contributed by atoms with Crippen molar-refractivity contribution in [1.29, 1.82) is 0 Å². The molecular formula is C20H28N2O3. The van der Waals surface area contributed by atoms with Crippen LogP contribution in [0.5, 0.6) is 5.75 Å². The van der Waals surface area contributed by atoms with Gasteiger partial charge in [0.05, 0.1) is 19.0 Å². The van der Waals surface area contributed by atoms with Crippen LogP contribution >= 0.6 is 0 Å². The first-order valence-corrected chi connectivity index (χ1v) is 8.99. The maximum Gasteiger partial charge on any atom is 0.228 e. The van der Waals surface area contributed by atoms with Gasteiger partial charge in [-0.2, -0.15) is 0 Å². The van der Waals surface area contributed by atoms with Crippen LogP contribution in [-0.2, 0) is 9.59 Å². The van der Waals surface area contributed by atoms with E-state index in [0.717, 1.165) is 16.9 Å². The number of amides is 2. The van der Waals surface area contributed by atoms with Crippen LogP contribution in [0.3, 0.4) is 0 Å². The molecule has 2 heterocycles.